The minimum Gasteiger partial charge on any atom is -0.490 e. The highest BCUT2D eigenvalue weighted by atomic mass is 35.5. The van der Waals surface area contributed by atoms with Gasteiger partial charge in [-0.3, -0.25) is 14.9 Å². The van der Waals surface area contributed by atoms with E-state index in [0.717, 1.165) is 5.56 Å². The normalized spacial score (nSPS) is 10.7. The number of nitrogens with zero attached hydrogens (tertiary/aromatic N) is 2. The molecule has 0 heterocycles. The number of amides is 1. The summed E-state index contributed by atoms with van der Waals surface area (Å²) in [4.78, 5) is 22.3. The van der Waals surface area contributed by atoms with Crippen molar-refractivity contribution < 1.29 is 19.2 Å². The van der Waals surface area contributed by atoms with E-state index in [9.17, 15) is 14.9 Å². The molecule has 1 N–H and O–H groups in total. The van der Waals surface area contributed by atoms with E-state index in [2.05, 4.69) is 10.5 Å². The number of rotatable bonds is 10. The zero-order valence-electron chi connectivity index (χ0n) is 17.9. The third-order valence-corrected chi connectivity index (χ3v) is 4.89. The molecule has 0 bridgehead atoms. The summed E-state index contributed by atoms with van der Waals surface area (Å²) in [6, 6.07) is 18.6. The van der Waals surface area contributed by atoms with Gasteiger partial charge in [-0.1, -0.05) is 41.9 Å². The topological polar surface area (TPSA) is 103 Å². The van der Waals surface area contributed by atoms with Crippen LogP contribution in [0.15, 0.2) is 71.8 Å². The van der Waals surface area contributed by atoms with Gasteiger partial charge in [-0.25, -0.2) is 5.43 Å². The van der Waals surface area contributed by atoms with E-state index >= 15 is 0 Å². The summed E-state index contributed by atoms with van der Waals surface area (Å²) < 4.78 is 11.6. The van der Waals surface area contributed by atoms with Gasteiger partial charge in [-0.2, -0.15) is 5.10 Å². The summed E-state index contributed by atoms with van der Waals surface area (Å²) in [6.45, 7) is 2.62. The lowest BCUT2D eigenvalue weighted by Crippen LogP contribution is -2.19. The molecular formula is C24H22ClN3O5. The second kappa shape index (κ2) is 11.6. The molecule has 1 amide bonds. The van der Waals surface area contributed by atoms with Crippen molar-refractivity contribution >= 4 is 29.4 Å². The molecule has 0 unspecified atom stereocenters. The molecule has 0 fully saturated rings. The lowest BCUT2D eigenvalue weighted by atomic mass is 10.1. The first-order valence-corrected chi connectivity index (χ1v) is 10.5. The highest BCUT2D eigenvalue weighted by Crippen LogP contribution is 2.29. The second-order valence-electron chi connectivity index (χ2n) is 6.91. The summed E-state index contributed by atoms with van der Waals surface area (Å²) in [5.74, 6) is 0.770. The van der Waals surface area contributed by atoms with Crippen molar-refractivity contribution in [3.8, 4) is 11.5 Å². The Labute approximate surface area is 195 Å². The van der Waals surface area contributed by atoms with Gasteiger partial charge in [0, 0.05) is 22.7 Å². The average molecular weight is 468 g/mol. The maximum absolute atomic E-state index is 12.1. The van der Waals surface area contributed by atoms with Gasteiger partial charge < -0.3 is 9.47 Å². The maximum atomic E-state index is 12.1. The first kappa shape index (κ1) is 23.7. The largest absolute Gasteiger partial charge is 0.490 e. The smallest absolute Gasteiger partial charge is 0.269 e. The Balaban J connectivity index is 1.59. The van der Waals surface area contributed by atoms with Gasteiger partial charge >= 0.3 is 0 Å². The third kappa shape index (κ3) is 7.05. The maximum Gasteiger partial charge on any atom is 0.269 e. The molecule has 3 aromatic carbocycles. The quantitative estimate of drug-likeness (QED) is 0.259. The van der Waals surface area contributed by atoms with Crippen LogP contribution in [-0.4, -0.2) is 23.7 Å². The van der Waals surface area contributed by atoms with Crippen molar-refractivity contribution in [2.75, 3.05) is 6.61 Å². The molecule has 3 rings (SSSR count). The fourth-order valence-electron chi connectivity index (χ4n) is 2.90. The Morgan fingerprint density at radius 3 is 2.55 bits per heavy atom. The number of carbonyl (C=O) groups is 1. The number of benzene rings is 3. The predicted octanol–water partition coefficient (Wildman–Crippen LogP) is 4.92. The molecule has 0 aliphatic heterocycles. The number of nitrogens with one attached hydrogen (secondary N) is 1. The molecule has 0 atom stereocenters. The summed E-state index contributed by atoms with van der Waals surface area (Å²) >= 11 is 6.18. The van der Waals surface area contributed by atoms with Crippen LogP contribution in [0.25, 0.3) is 0 Å². The molecular weight excluding hydrogens is 446 g/mol. The van der Waals surface area contributed by atoms with Gasteiger partial charge in [0.1, 0.15) is 6.61 Å². The predicted molar refractivity (Wildman–Crippen MR) is 126 cm³/mol. The molecule has 0 aliphatic rings. The van der Waals surface area contributed by atoms with Crippen LogP contribution in [0, 0.1) is 10.1 Å². The Hall–Kier alpha value is -3.91. The van der Waals surface area contributed by atoms with Crippen molar-refractivity contribution in [1.82, 2.24) is 5.43 Å². The number of halogens is 1. The Morgan fingerprint density at radius 1 is 1.09 bits per heavy atom. The van der Waals surface area contributed by atoms with Crippen LogP contribution in [0.1, 0.15) is 23.6 Å². The van der Waals surface area contributed by atoms with Crippen LogP contribution in [0.4, 0.5) is 5.69 Å². The van der Waals surface area contributed by atoms with E-state index in [1.807, 2.05) is 25.1 Å². The lowest BCUT2D eigenvalue weighted by Gasteiger charge is -2.13. The molecule has 33 heavy (non-hydrogen) atoms. The highest BCUT2D eigenvalue weighted by Gasteiger charge is 2.09. The summed E-state index contributed by atoms with van der Waals surface area (Å²) in [5.41, 5.74) is 4.64. The number of hydrazone groups is 1. The Kier molecular flexibility index (Phi) is 8.37. The van der Waals surface area contributed by atoms with Crippen LogP contribution < -0.4 is 14.9 Å². The van der Waals surface area contributed by atoms with E-state index in [1.54, 1.807) is 24.3 Å². The van der Waals surface area contributed by atoms with Crippen molar-refractivity contribution in [2.24, 2.45) is 5.10 Å². The summed E-state index contributed by atoms with van der Waals surface area (Å²) in [6.07, 6.45) is 1.54. The molecule has 0 saturated heterocycles. The highest BCUT2D eigenvalue weighted by molar-refractivity contribution is 6.31. The standard InChI is InChI=1S/C24H22ClN3O5/c1-2-32-23-13-18(9-12-22(23)33-16-19-5-3-4-6-21(19)25)15-26-27-24(29)14-17-7-10-20(11-8-17)28(30)31/h3-13,15H,2,14,16H2,1H3,(H,27,29)/b26-15+. The van der Waals surface area contributed by atoms with Gasteiger partial charge in [0.25, 0.3) is 5.69 Å². The van der Waals surface area contributed by atoms with Crippen LogP contribution in [-0.2, 0) is 17.8 Å². The first-order chi connectivity index (χ1) is 16.0. The third-order valence-electron chi connectivity index (χ3n) is 4.52. The number of hydrogen-bond donors (Lipinski definition) is 1. The number of nitro benzene ring substituents is 1. The fourth-order valence-corrected chi connectivity index (χ4v) is 3.09. The fraction of sp³-hybridized carbons (Fsp3) is 0.167. The van der Waals surface area contributed by atoms with Gasteiger partial charge in [0.2, 0.25) is 5.91 Å². The average Bonchev–Trinajstić information content (AvgIpc) is 2.80. The van der Waals surface area contributed by atoms with E-state index in [0.29, 0.717) is 40.9 Å². The number of non-ortho nitro benzene ring substituents is 1. The SMILES string of the molecule is CCOc1cc(/C=N/NC(=O)Cc2ccc([N+](=O)[O-])cc2)ccc1OCc1ccccc1Cl. The number of ether oxygens (including phenoxy) is 2. The van der Waals surface area contributed by atoms with Gasteiger partial charge in [0.15, 0.2) is 11.5 Å². The van der Waals surface area contributed by atoms with Crippen LogP contribution in [0.5, 0.6) is 11.5 Å². The molecule has 0 spiro atoms. The molecule has 3 aromatic rings. The summed E-state index contributed by atoms with van der Waals surface area (Å²) in [7, 11) is 0. The molecule has 9 heteroatoms. The van der Waals surface area contributed by atoms with E-state index in [-0.39, 0.29) is 18.0 Å². The molecule has 0 aromatic heterocycles. The monoisotopic (exact) mass is 467 g/mol. The molecule has 8 nitrogen and oxygen atoms in total. The van der Waals surface area contributed by atoms with Crippen molar-refractivity contribution in [3.05, 3.63) is 98.6 Å². The van der Waals surface area contributed by atoms with E-state index < -0.39 is 4.92 Å². The molecule has 0 saturated carbocycles. The number of nitro groups is 1. The van der Waals surface area contributed by atoms with Crippen molar-refractivity contribution in [3.63, 3.8) is 0 Å². The number of hydrogen-bond acceptors (Lipinski definition) is 6. The van der Waals surface area contributed by atoms with Gasteiger partial charge in [0.05, 0.1) is 24.2 Å². The zero-order valence-corrected chi connectivity index (χ0v) is 18.6. The van der Waals surface area contributed by atoms with E-state index in [4.69, 9.17) is 21.1 Å². The van der Waals surface area contributed by atoms with Crippen molar-refractivity contribution in [1.29, 1.82) is 0 Å². The minimum absolute atomic E-state index is 0.0263. The molecule has 170 valence electrons. The van der Waals surface area contributed by atoms with E-state index in [1.165, 1.54) is 30.5 Å². The van der Waals surface area contributed by atoms with Gasteiger partial charge in [-0.15, -0.1) is 0 Å². The Bertz CT molecular complexity index is 1150. The van der Waals surface area contributed by atoms with Crippen molar-refractivity contribution in [2.45, 2.75) is 20.0 Å². The summed E-state index contributed by atoms with van der Waals surface area (Å²) in [5, 5.41) is 15.3. The zero-order chi connectivity index (χ0) is 23.6. The van der Waals surface area contributed by atoms with Crippen LogP contribution >= 0.6 is 11.6 Å². The van der Waals surface area contributed by atoms with Gasteiger partial charge in [-0.05, 0) is 42.3 Å². The van der Waals surface area contributed by atoms with Crippen LogP contribution in [0.2, 0.25) is 5.02 Å². The lowest BCUT2D eigenvalue weighted by molar-refractivity contribution is -0.384. The second-order valence-corrected chi connectivity index (χ2v) is 7.32. The minimum atomic E-state index is -0.488. The number of carbonyl (C=O) groups excluding carboxylic acids is 1. The molecule has 0 aliphatic carbocycles. The van der Waals surface area contributed by atoms with Crippen LogP contribution in [0.3, 0.4) is 0 Å². The molecule has 0 radical (unpaired) electrons. The Morgan fingerprint density at radius 2 is 1.85 bits per heavy atom. The first-order valence-electron chi connectivity index (χ1n) is 10.1.